The fourth-order valence-corrected chi connectivity index (χ4v) is 15.2. The Labute approximate surface area is 353 Å². The predicted octanol–water partition coefficient (Wildman–Crippen LogP) is 13.6. The molecule has 0 radical (unpaired) electrons. The van der Waals surface area contributed by atoms with Crippen LogP contribution in [0.2, 0.25) is 0 Å². The van der Waals surface area contributed by atoms with E-state index < -0.39 is 0 Å². The predicted molar refractivity (Wildman–Crippen MR) is 256 cm³/mol. The third-order valence-corrected chi connectivity index (χ3v) is 18.6. The minimum absolute atomic E-state index is 0.00163. The van der Waals surface area contributed by atoms with E-state index in [4.69, 9.17) is 0 Å². The van der Waals surface area contributed by atoms with Crippen LogP contribution in [0.5, 0.6) is 0 Å². The Hall–Kier alpha value is -4.06. The van der Waals surface area contributed by atoms with Crippen LogP contribution in [-0.2, 0) is 21.7 Å². The van der Waals surface area contributed by atoms with Gasteiger partial charge in [0.1, 0.15) is 0 Å². The summed E-state index contributed by atoms with van der Waals surface area (Å²) in [6, 6.07) is 31.9. The molecule has 12 rings (SSSR count). The van der Waals surface area contributed by atoms with E-state index in [1.54, 1.807) is 16.7 Å². The van der Waals surface area contributed by atoms with E-state index >= 15 is 0 Å². The van der Waals surface area contributed by atoms with Crippen LogP contribution in [0.4, 0.5) is 28.4 Å². The summed E-state index contributed by atoms with van der Waals surface area (Å²) in [5.74, 6) is 0. The van der Waals surface area contributed by atoms with Gasteiger partial charge in [-0.2, -0.15) is 0 Å². The van der Waals surface area contributed by atoms with Crippen LogP contribution in [0.3, 0.4) is 0 Å². The van der Waals surface area contributed by atoms with Crippen molar-refractivity contribution in [2.75, 3.05) is 9.80 Å². The number of aryl methyl sites for hydroxylation is 1. The zero-order chi connectivity index (χ0) is 40.1. The van der Waals surface area contributed by atoms with Gasteiger partial charge in [-0.3, -0.25) is 0 Å². The molecular formula is C53H55BN2S2. The van der Waals surface area contributed by atoms with E-state index in [0.29, 0.717) is 0 Å². The number of hydrogen-bond acceptors (Lipinski definition) is 4. The number of benzene rings is 5. The van der Waals surface area contributed by atoms with E-state index in [9.17, 15) is 0 Å². The quantitative estimate of drug-likeness (QED) is 0.153. The molecule has 5 heteroatoms. The van der Waals surface area contributed by atoms with Gasteiger partial charge >= 0.3 is 0 Å². The molecule has 2 aromatic heterocycles. The lowest BCUT2D eigenvalue weighted by Crippen LogP contribution is -2.64. The molecule has 1 fully saturated rings. The lowest BCUT2D eigenvalue weighted by molar-refractivity contribution is 0.195. The van der Waals surface area contributed by atoms with Gasteiger partial charge in [0.25, 0.3) is 6.71 Å². The van der Waals surface area contributed by atoms with Crippen LogP contribution in [0, 0.1) is 6.92 Å². The van der Waals surface area contributed by atoms with Crippen LogP contribution in [-0.4, -0.2) is 12.3 Å². The molecule has 2 aliphatic carbocycles. The van der Waals surface area contributed by atoms with Crippen LogP contribution >= 0.6 is 22.7 Å². The monoisotopic (exact) mass is 794 g/mol. The van der Waals surface area contributed by atoms with Crippen LogP contribution in [0.1, 0.15) is 129 Å². The molecule has 5 aromatic carbocycles. The minimum atomic E-state index is -0.00163. The summed E-state index contributed by atoms with van der Waals surface area (Å²) < 4.78 is 5.69. The first kappa shape index (κ1) is 35.9. The standard InChI is InChI=1S/C53H55BN2S2/c1-30-24-40-44-41(25-30)56-46-37(52(9)20-13-14-21-53(52,56)10)26-31(49(2,3)4)27-38(46)54(44)48-45(34-28-35-36(29-43(34)58-48)51(7,8)23-22-50(35,5)6)55(40)39-18-15-17-33-32-16-11-12-19-42(32)57-47(33)39/h11-12,15-19,24-29H,13-14,20-23H2,1-10H3. The highest BCUT2D eigenvalue weighted by atomic mass is 32.1. The number of rotatable bonds is 1. The molecule has 1 saturated carbocycles. The van der Waals surface area contributed by atoms with E-state index in [1.807, 2.05) is 11.3 Å². The molecule has 3 aliphatic heterocycles. The Balaban J connectivity index is 1.25. The van der Waals surface area contributed by atoms with Gasteiger partial charge in [-0.1, -0.05) is 111 Å². The fourth-order valence-electron chi connectivity index (χ4n) is 12.6. The number of nitrogens with zero attached hydrogens (tertiary/aromatic N) is 2. The first-order valence-electron chi connectivity index (χ1n) is 22.0. The summed E-state index contributed by atoms with van der Waals surface area (Å²) in [4.78, 5) is 5.67. The van der Waals surface area contributed by atoms with Crippen molar-refractivity contribution < 1.29 is 0 Å². The normalized spacial score (nSPS) is 23.6. The maximum absolute atomic E-state index is 2.91. The summed E-state index contributed by atoms with van der Waals surface area (Å²) in [5.41, 5.74) is 18.0. The average molecular weight is 795 g/mol. The zero-order valence-corrected chi connectivity index (χ0v) is 37.7. The lowest BCUT2D eigenvalue weighted by Gasteiger charge is -2.52. The minimum Gasteiger partial charge on any atom is -0.335 e. The van der Waals surface area contributed by atoms with Crippen molar-refractivity contribution in [3.05, 3.63) is 107 Å². The second-order valence-electron chi connectivity index (χ2n) is 21.6. The summed E-state index contributed by atoms with van der Waals surface area (Å²) in [6.45, 7) is 25.0. The summed E-state index contributed by atoms with van der Waals surface area (Å²) >= 11 is 4.06. The molecule has 292 valence electrons. The van der Waals surface area contributed by atoms with Crippen molar-refractivity contribution in [3.8, 4) is 0 Å². The van der Waals surface area contributed by atoms with Gasteiger partial charge in [0.05, 0.1) is 21.6 Å². The third-order valence-electron chi connectivity index (χ3n) is 16.2. The van der Waals surface area contributed by atoms with E-state index in [0.717, 1.165) is 0 Å². The Bertz CT molecular complexity index is 2970. The van der Waals surface area contributed by atoms with Crippen molar-refractivity contribution in [1.82, 2.24) is 0 Å². The number of hydrogen-bond donors (Lipinski definition) is 0. The summed E-state index contributed by atoms with van der Waals surface area (Å²) in [5, 5.41) is 4.14. The van der Waals surface area contributed by atoms with Gasteiger partial charge in [0.15, 0.2) is 0 Å². The van der Waals surface area contributed by atoms with Crippen molar-refractivity contribution >= 4 is 104 Å². The smallest absolute Gasteiger partial charge is 0.264 e. The second-order valence-corrected chi connectivity index (χ2v) is 23.7. The van der Waals surface area contributed by atoms with Gasteiger partial charge in [0.2, 0.25) is 0 Å². The number of anilines is 5. The lowest BCUT2D eigenvalue weighted by atomic mass is 9.36. The molecule has 2 nitrogen and oxygen atoms in total. The van der Waals surface area contributed by atoms with E-state index in [2.05, 4.69) is 169 Å². The summed E-state index contributed by atoms with van der Waals surface area (Å²) in [7, 11) is 0. The van der Waals surface area contributed by atoms with Crippen molar-refractivity contribution in [3.63, 3.8) is 0 Å². The molecule has 0 N–H and O–H groups in total. The van der Waals surface area contributed by atoms with Gasteiger partial charge < -0.3 is 9.80 Å². The first-order chi connectivity index (χ1) is 27.5. The van der Waals surface area contributed by atoms with Gasteiger partial charge in [-0.15, -0.1) is 22.7 Å². The van der Waals surface area contributed by atoms with E-state index in [-0.39, 0.29) is 33.9 Å². The van der Waals surface area contributed by atoms with Crippen molar-refractivity contribution in [1.29, 1.82) is 0 Å². The topological polar surface area (TPSA) is 6.48 Å². The molecule has 0 bridgehead atoms. The van der Waals surface area contributed by atoms with Crippen LogP contribution in [0.25, 0.3) is 30.3 Å². The van der Waals surface area contributed by atoms with Crippen molar-refractivity contribution in [2.45, 2.75) is 135 Å². The maximum Gasteiger partial charge on any atom is 0.264 e. The molecule has 5 heterocycles. The molecular weight excluding hydrogens is 740 g/mol. The molecule has 0 amide bonds. The largest absolute Gasteiger partial charge is 0.335 e. The summed E-state index contributed by atoms with van der Waals surface area (Å²) in [6.07, 6.45) is 7.47. The molecule has 5 aliphatic rings. The Morgan fingerprint density at radius 3 is 2.10 bits per heavy atom. The highest BCUT2D eigenvalue weighted by Crippen LogP contribution is 2.63. The third kappa shape index (κ3) is 4.36. The highest BCUT2D eigenvalue weighted by molar-refractivity contribution is 7.34. The van der Waals surface area contributed by atoms with Gasteiger partial charge in [-0.25, -0.2) is 0 Å². The Morgan fingerprint density at radius 1 is 0.621 bits per heavy atom. The first-order valence-corrected chi connectivity index (χ1v) is 23.6. The molecule has 58 heavy (non-hydrogen) atoms. The SMILES string of the molecule is Cc1cc2c3c(c1)N1c4c(cc(C(C)(C)C)cc4C4(C)CCCCC14C)B3c1sc3cc4c(cc3c1N2c1cccc2c1sc1ccccc12)C(C)(C)CCC4(C)C. The molecule has 7 aromatic rings. The fraction of sp³-hybridized carbons (Fsp3) is 0.396. The van der Waals surface area contributed by atoms with Gasteiger partial charge in [-0.05, 0) is 131 Å². The Morgan fingerprint density at radius 2 is 1.33 bits per heavy atom. The second kappa shape index (κ2) is 11.2. The molecule has 2 unspecified atom stereocenters. The molecule has 2 atom stereocenters. The van der Waals surface area contributed by atoms with E-state index in [1.165, 1.54) is 124 Å². The number of thiophene rings is 2. The number of fused-ring (bicyclic) bond motifs is 13. The highest BCUT2D eigenvalue weighted by Gasteiger charge is 2.62. The average Bonchev–Trinajstić information content (AvgIpc) is 3.81. The van der Waals surface area contributed by atoms with Crippen molar-refractivity contribution in [2.24, 2.45) is 0 Å². The molecule has 0 saturated heterocycles. The van der Waals surface area contributed by atoms with Crippen LogP contribution in [0.15, 0.2) is 78.9 Å². The zero-order valence-electron chi connectivity index (χ0n) is 36.0. The van der Waals surface area contributed by atoms with Crippen LogP contribution < -0.4 is 25.5 Å². The Kier molecular flexibility index (Phi) is 6.92. The molecule has 0 spiro atoms. The van der Waals surface area contributed by atoms with Gasteiger partial charge in [0, 0.05) is 52.8 Å². The maximum atomic E-state index is 2.91.